The minimum atomic E-state index is -3.67. The zero-order valence-corrected chi connectivity index (χ0v) is 12.1. The van der Waals surface area contributed by atoms with E-state index >= 15 is 0 Å². The van der Waals surface area contributed by atoms with Crippen molar-refractivity contribution in [1.82, 2.24) is 0 Å². The fourth-order valence-electron chi connectivity index (χ4n) is 1.47. The summed E-state index contributed by atoms with van der Waals surface area (Å²) in [7, 11) is 3.25. The predicted molar refractivity (Wildman–Crippen MR) is 70.8 cm³/mol. The van der Waals surface area contributed by atoms with Crippen molar-refractivity contribution in [2.75, 3.05) is 20.3 Å². The number of hydrogen-bond donors (Lipinski definition) is 0. The van der Waals surface area contributed by atoms with E-state index in [4.69, 9.17) is 20.2 Å². The number of methoxy groups -OCH3 is 1. The number of hydrogen-bond acceptors (Lipinski definition) is 4. The first-order valence-electron chi connectivity index (χ1n) is 5.62. The van der Waals surface area contributed by atoms with Crippen molar-refractivity contribution in [3.05, 3.63) is 23.8 Å². The maximum atomic E-state index is 11.1. The lowest BCUT2D eigenvalue weighted by Crippen LogP contribution is -2.01. The number of benzene rings is 1. The van der Waals surface area contributed by atoms with Crippen LogP contribution in [0.25, 0.3) is 0 Å². The SMILES string of the molecule is COCCCCOc1ccc(S(=O)(=O)Cl)cc1C. The number of unbranched alkanes of at least 4 members (excludes halogenated alkanes) is 1. The molecular formula is C12H17ClO4S. The highest BCUT2D eigenvalue weighted by atomic mass is 35.7. The highest BCUT2D eigenvalue weighted by molar-refractivity contribution is 8.13. The van der Waals surface area contributed by atoms with Crippen LogP contribution in [0.5, 0.6) is 5.75 Å². The minimum Gasteiger partial charge on any atom is -0.493 e. The van der Waals surface area contributed by atoms with Gasteiger partial charge in [-0.2, -0.15) is 0 Å². The van der Waals surface area contributed by atoms with Gasteiger partial charge >= 0.3 is 0 Å². The first-order chi connectivity index (χ1) is 8.45. The lowest BCUT2D eigenvalue weighted by atomic mass is 10.2. The fourth-order valence-corrected chi connectivity index (χ4v) is 2.30. The van der Waals surface area contributed by atoms with Gasteiger partial charge < -0.3 is 9.47 Å². The molecule has 0 aliphatic rings. The summed E-state index contributed by atoms with van der Waals surface area (Å²) in [6.07, 6.45) is 1.83. The van der Waals surface area contributed by atoms with Crippen LogP contribution in [0.3, 0.4) is 0 Å². The molecule has 0 saturated carbocycles. The first kappa shape index (κ1) is 15.3. The summed E-state index contributed by atoms with van der Waals surface area (Å²) in [5.74, 6) is 0.677. The second-order valence-corrected chi connectivity index (χ2v) is 6.48. The van der Waals surface area contributed by atoms with Gasteiger partial charge in [-0.25, -0.2) is 8.42 Å². The predicted octanol–water partition coefficient (Wildman–Crippen LogP) is 2.73. The molecule has 0 bridgehead atoms. The summed E-state index contributed by atoms with van der Waals surface area (Å²) in [6, 6.07) is 4.58. The molecule has 0 atom stereocenters. The summed E-state index contributed by atoms with van der Waals surface area (Å²) in [4.78, 5) is 0.0911. The van der Waals surface area contributed by atoms with E-state index < -0.39 is 9.05 Å². The van der Waals surface area contributed by atoms with Crippen molar-refractivity contribution in [2.45, 2.75) is 24.7 Å². The normalized spacial score (nSPS) is 11.5. The van der Waals surface area contributed by atoms with Gasteiger partial charge in [0, 0.05) is 24.4 Å². The molecule has 1 aromatic rings. The van der Waals surface area contributed by atoms with Gasteiger partial charge in [0.05, 0.1) is 11.5 Å². The molecule has 0 saturated heterocycles. The van der Waals surface area contributed by atoms with E-state index in [9.17, 15) is 8.42 Å². The molecule has 0 aromatic heterocycles. The molecule has 0 amide bonds. The molecule has 0 fully saturated rings. The quantitative estimate of drug-likeness (QED) is 0.573. The maximum Gasteiger partial charge on any atom is 0.261 e. The molecule has 0 radical (unpaired) electrons. The monoisotopic (exact) mass is 292 g/mol. The van der Waals surface area contributed by atoms with Gasteiger partial charge in [-0.05, 0) is 43.5 Å². The molecule has 0 unspecified atom stereocenters. The average molecular weight is 293 g/mol. The van der Waals surface area contributed by atoms with Gasteiger partial charge in [-0.3, -0.25) is 0 Å². The molecule has 0 spiro atoms. The topological polar surface area (TPSA) is 52.6 Å². The molecule has 4 nitrogen and oxygen atoms in total. The molecule has 0 heterocycles. The summed E-state index contributed by atoms with van der Waals surface area (Å²) in [5, 5.41) is 0. The third-order valence-electron chi connectivity index (χ3n) is 2.43. The van der Waals surface area contributed by atoms with Gasteiger partial charge in [-0.1, -0.05) is 0 Å². The van der Waals surface area contributed by atoms with E-state index in [0.717, 1.165) is 18.4 Å². The van der Waals surface area contributed by atoms with Crippen LogP contribution >= 0.6 is 10.7 Å². The van der Waals surface area contributed by atoms with E-state index in [1.165, 1.54) is 12.1 Å². The van der Waals surface area contributed by atoms with Gasteiger partial charge in [0.15, 0.2) is 0 Å². The standard InChI is InChI=1S/C12H17ClO4S/c1-10-9-11(18(13,14)15)5-6-12(10)17-8-4-3-7-16-2/h5-6,9H,3-4,7-8H2,1-2H3. The van der Waals surface area contributed by atoms with Crippen LogP contribution in [0.2, 0.25) is 0 Å². The van der Waals surface area contributed by atoms with Crippen molar-refractivity contribution in [2.24, 2.45) is 0 Å². The van der Waals surface area contributed by atoms with Crippen molar-refractivity contribution in [3.63, 3.8) is 0 Å². The van der Waals surface area contributed by atoms with Gasteiger partial charge in [0.25, 0.3) is 9.05 Å². The molecule has 6 heteroatoms. The second kappa shape index (κ2) is 6.97. The Balaban J connectivity index is 2.58. The lowest BCUT2D eigenvalue weighted by Gasteiger charge is -2.09. The third kappa shape index (κ3) is 4.84. The lowest BCUT2D eigenvalue weighted by molar-refractivity contribution is 0.184. The maximum absolute atomic E-state index is 11.1. The Bertz CT molecular complexity index is 485. The van der Waals surface area contributed by atoms with E-state index in [1.54, 1.807) is 20.1 Å². The largest absolute Gasteiger partial charge is 0.493 e. The Hall–Kier alpha value is -0.780. The van der Waals surface area contributed by atoms with E-state index in [1.807, 2.05) is 0 Å². The Morgan fingerprint density at radius 3 is 2.44 bits per heavy atom. The third-order valence-corrected chi connectivity index (χ3v) is 3.78. The smallest absolute Gasteiger partial charge is 0.261 e. The zero-order chi connectivity index (χ0) is 13.6. The molecule has 1 rings (SSSR count). The minimum absolute atomic E-state index is 0.0911. The van der Waals surface area contributed by atoms with Gasteiger partial charge in [0.2, 0.25) is 0 Å². The number of aryl methyl sites for hydroxylation is 1. The van der Waals surface area contributed by atoms with Crippen molar-refractivity contribution >= 4 is 19.7 Å². The Morgan fingerprint density at radius 2 is 1.89 bits per heavy atom. The van der Waals surface area contributed by atoms with E-state index in [-0.39, 0.29) is 4.90 Å². The van der Waals surface area contributed by atoms with E-state index in [2.05, 4.69) is 0 Å². The summed E-state index contributed by atoms with van der Waals surface area (Å²) >= 11 is 0. The number of rotatable bonds is 7. The van der Waals surface area contributed by atoms with E-state index in [0.29, 0.717) is 19.0 Å². The van der Waals surface area contributed by atoms with Crippen LogP contribution in [-0.4, -0.2) is 28.7 Å². The summed E-state index contributed by atoms with van der Waals surface area (Å²) in [5.41, 5.74) is 0.753. The second-order valence-electron chi connectivity index (χ2n) is 3.91. The summed E-state index contributed by atoms with van der Waals surface area (Å²) < 4.78 is 32.8. The zero-order valence-electron chi connectivity index (χ0n) is 10.5. The number of ether oxygens (including phenoxy) is 2. The van der Waals surface area contributed by atoms with Gasteiger partial charge in [0.1, 0.15) is 5.75 Å². The Kier molecular flexibility index (Phi) is 5.91. The van der Waals surface area contributed by atoms with Crippen LogP contribution in [0, 0.1) is 6.92 Å². The van der Waals surface area contributed by atoms with Crippen molar-refractivity contribution < 1.29 is 17.9 Å². The molecule has 0 aliphatic heterocycles. The van der Waals surface area contributed by atoms with Crippen molar-refractivity contribution in [1.29, 1.82) is 0 Å². The Morgan fingerprint density at radius 1 is 1.22 bits per heavy atom. The van der Waals surface area contributed by atoms with Crippen LogP contribution in [0.4, 0.5) is 0 Å². The number of halogens is 1. The van der Waals surface area contributed by atoms with Crippen LogP contribution in [-0.2, 0) is 13.8 Å². The molecule has 102 valence electrons. The molecular weight excluding hydrogens is 276 g/mol. The average Bonchev–Trinajstić information content (AvgIpc) is 2.29. The highest BCUT2D eigenvalue weighted by Gasteiger charge is 2.11. The van der Waals surface area contributed by atoms with Gasteiger partial charge in [-0.15, -0.1) is 0 Å². The summed E-state index contributed by atoms with van der Waals surface area (Å²) in [6.45, 7) is 3.08. The first-order valence-corrected chi connectivity index (χ1v) is 7.93. The Labute approximate surface area is 112 Å². The molecule has 0 aliphatic carbocycles. The van der Waals surface area contributed by atoms with Crippen molar-refractivity contribution in [3.8, 4) is 5.75 Å². The highest BCUT2D eigenvalue weighted by Crippen LogP contribution is 2.23. The van der Waals surface area contributed by atoms with Crippen LogP contribution in [0.1, 0.15) is 18.4 Å². The molecule has 1 aromatic carbocycles. The van der Waals surface area contributed by atoms with Crippen LogP contribution < -0.4 is 4.74 Å². The van der Waals surface area contributed by atoms with Crippen LogP contribution in [0.15, 0.2) is 23.1 Å². The molecule has 0 N–H and O–H groups in total. The molecule has 18 heavy (non-hydrogen) atoms. The fraction of sp³-hybridized carbons (Fsp3) is 0.500.